The van der Waals surface area contributed by atoms with Crippen LogP contribution in [0.5, 0.6) is 11.5 Å². The Kier molecular flexibility index (Phi) is 6.46. The van der Waals surface area contributed by atoms with E-state index in [1.165, 1.54) is 41.3 Å². The third-order valence-electron chi connectivity index (χ3n) is 6.49. The summed E-state index contributed by atoms with van der Waals surface area (Å²) >= 11 is 0. The summed E-state index contributed by atoms with van der Waals surface area (Å²) in [6.45, 7) is 0. The van der Waals surface area contributed by atoms with Gasteiger partial charge in [-0.05, 0) is 65.7 Å². The smallest absolute Gasteiger partial charge is 0.248 e. The zero-order valence-corrected chi connectivity index (χ0v) is 20.7. The molecule has 38 heavy (non-hydrogen) atoms. The number of Topliss-reactive ketones (excluding diaryl/α,β-unsaturated/α-hetero) is 1. The second-order valence-electron chi connectivity index (χ2n) is 8.97. The molecule has 0 saturated carbocycles. The lowest BCUT2D eigenvalue weighted by molar-refractivity contribution is -0.123. The van der Waals surface area contributed by atoms with Crippen LogP contribution in [0.4, 0.5) is 10.1 Å². The molecule has 7 nitrogen and oxygen atoms in total. The van der Waals surface area contributed by atoms with Crippen molar-refractivity contribution in [1.82, 2.24) is 0 Å². The number of phenolic OH excluding ortho intramolecular Hbond substituents is 2. The Hall–Kier alpha value is -4.50. The van der Waals surface area contributed by atoms with Crippen molar-refractivity contribution in [2.45, 2.75) is 11.3 Å². The highest BCUT2D eigenvalue weighted by Crippen LogP contribution is 2.46. The van der Waals surface area contributed by atoms with E-state index in [4.69, 9.17) is 0 Å². The number of aromatic hydroxyl groups is 2. The summed E-state index contributed by atoms with van der Waals surface area (Å²) in [6.07, 6.45) is 0. The second kappa shape index (κ2) is 9.75. The van der Waals surface area contributed by atoms with E-state index in [2.05, 4.69) is 0 Å². The van der Waals surface area contributed by atoms with E-state index in [1.54, 1.807) is 48.5 Å². The van der Waals surface area contributed by atoms with E-state index in [-0.39, 0.29) is 22.6 Å². The van der Waals surface area contributed by atoms with E-state index in [0.29, 0.717) is 16.8 Å². The summed E-state index contributed by atoms with van der Waals surface area (Å²) in [5.74, 6) is -3.20. The zero-order chi connectivity index (χ0) is 27.0. The number of rotatable bonds is 7. The van der Waals surface area contributed by atoms with Crippen LogP contribution in [0, 0.1) is 5.82 Å². The van der Waals surface area contributed by atoms with Gasteiger partial charge < -0.3 is 15.1 Å². The highest BCUT2D eigenvalue weighted by molar-refractivity contribution is 7.93. The Balaban J connectivity index is 1.52. The molecule has 1 amide bonds. The molecular weight excluding hydrogens is 509 g/mol. The minimum atomic E-state index is -4.33. The molecule has 0 bridgehead atoms. The number of phenols is 2. The molecule has 2 atom stereocenters. The molecule has 4 aromatic rings. The van der Waals surface area contributed by atoms with Gasteiger partial charge in [0.25, 0.3) is 0 Å². The number of hydrogen-bond acceptors (Lipinski definition) is 6. The van der Waals surface area contributed by atoms with Crippen LogP contribution >= 0.6 is 0 Å². The van der Waals surface area contributed by atoms with Gasteiger partial charge in [0.2, 0.25) is 5.91 Å². The lowest BCUT2D eigenvalue weighted by Gasteiger charge is -2.46. The van der Waals surface area contributed by atoms with Crippen molar-refractivity contribution in [3.8, 4) is 22.6 Å². The summed E-state index contributed by atoms with van der Waals surface area (Å²) in [6, 6.07) is 22.9. The molecule has 1 heterocycles. The van der Waals surface area contributed by atoms with Crippen LogP contribution in [0.3, 0.4) is 0 Å². The number of ketones is 1. The van der Waals surface area contributed by atoms with Crippen molar-refractivity contribution in [1.29, 1.82) is 0 Å². The highest BCUT2D eigenvalue weighted by atomic mass is 32.2. The van der Waals surface area contributed by atoms with Crippen LogP contribution in [0.2, 0.25) is 0 Å². The number of para-hydroxylation sites is 1. The molecule has 192 valence electrons. The number of carbonyl (C=O) groups excluding carboxylic acids is 2. The number of benzene rings is 4. The standard InChI is InChI=1S/C29H22FNO6S/c30-21-12-9-18(10-13-21)26(34)17-38(36,37)28-27(31(29(28)35)22-6-2-1-3-7-22)24-14-11-20(16-25(24)33)19-5-4-8-23(32)15-19/h1-16,27-28,32-33H,17H2/t27-,28-/m1/s1. The summed E-state index contributed by atoms with van der Waals surface area (Å²) in [5, 5.41) is 19.2. The van der Waals surface area contributed by atoms with Gasteiger partial charge in [-0.25, -0.2) is 12.8 Å². The summed E-state index contributed by atoms with van der Waals surface area (Å²) < 4.78 is 40.1. The summed E-state index contributed by atoms with van der Waals surface area (Å²) in [4.78, 5) is 27.3. The number of carbonyl (C=O) groups is 2. The second-order valence-corrected chi connectivity index (χ2v) is 11.1. The fraction of sp³-hybridized carbons (Fsp3) is 0.103. The van der Waals surface area contributed by atoms with E-state index >= 15 is 0 Å². The Morgan fingerprint density at radius 3 is 2.18 bits per heavy atom. The third-order valence-corrected chi connectivity index (χ3v) is 8.39. The number of sulfone groups is 1. The summed E-state index contributed by atoms with van der Waals surface area (Å²) in [5.41, 5.74) is 1.85. The summed E-state index contributed by atoms with van der Waals surface area (Å²) in [7, 11) is -4.33. The molecule has 1 aliphatic heterocycles. The largest absolute Gasteiger partial charge is 0.508 e. The molecule has 2 N–H and O–H groups in total. The van der Waals surface area contributed by atoms with Gasteiger partial charge in [-0.2, -0.15) is 0 Å². The maximum Gasteiger partial charge on any atom is 0.248 e. The number of hydrogen-bond donors (Lipinski definition) is 2. The molecule has 0 aromatic heterocycles. The van der Waals surface area contributed by atoms with Gasteiger partial charge in [0.1, 0.15) is 23.1 Å². The van der Waals surface area contributed by atoms with E-state index < -0.39 is 44.4 Å². The van der Waals surface area contributed by atoms with Crippen LogP contribution in [0.15, 0.2) is 97.1 Å². The topological polar surface area (TPSA) is 112 Å². The Labute approximate surface area is 218 Å². The molecular formula is C29H22FNO6S. The van der Waals surface area contributed by atoms with Gasteiger partial charge in [-0.3, -0.25) is 9.59 Å². The van der Waals surface area contributed by atoms with Crippen molar-refractivity contribution in [3.63, 3.8) is 0 Å². The van der Waals surface area contributed by atoms with Crippen molar-refractivity contribution in [2.75, 3.05) is 10.7 Å². The average molecular weight is 532 g/mol. The van der Waals surface area contributed by atoms with Gasteiger partial charge in [0.15, 0.2) is 20.9 Å². The van der Waals surface area contributed by atoms with Crippen molar-refractivity contribution >= 4 is 27.2 Å². The number of amides is 1. The monoisotopic (exact) mass is 531 g/mol. The van der Waals surface area contributed by atoms with Crippen molar-refractivity contribution in [3.05, 3.63) is 114 Å². The zero-order valence-electron chi connectivity index (χ0n) is 19.9. The van der Waals surface area contributed by atoms with Gasteiger partial charge in [0, 0.05) is 16.8 Å². The molecule has 1 saturated heterocycles. The lowest BCUT2D eigenvalue weighted by atomic mass is 9.90. The van der Waals surface area contributed by atoms with Crippen LogP contribution in [-0.4, -0.2) is 41.3 Å². The molecule has 0 aliphatic carbocycles. The molecule has 1 fully saturated rings. The fourth-order valence-electron chi connectivity index (χ4n) is 4.64. The van der Waals surface area contributed by atoms with Crippen molar-refractivity contribution < 1.29 is 32.6 Å². The van der Waals surface area contributed by atoms with Crippen LogP contribution in [-0.2, 0) is 14.6 Å². The van der Waals surface area contributed by atoms with Gasteiger partial charge in [-0.1, -0.05) is 42.5 Å². The molecule has 0 spiro atoms. The van der Waals surface area contributed by atoms with E-state index in [0.717, 1.165) is 12.1 Å². The molecule has 5 rings (SSSR count). The third kappa shape index (κ3) is 4.64. The molecule has 0 unspecified atom stereocenters. The van der Waals surface area contributed by atoms with Crippen molar-refractivity contribution in [2.24, 2.45) is 0 Å². The molecule has 0 radical (unpaired) electrons. The normalized spacial score (nSPS) is 17.2. The Bertz CT molecular complexity index is 1640. The number of β-lactam (4-membered cyclic amide) rings is 1. The minimum absolute atomic E-state index is 0.0107. The molecule has 1 aliphatic rings. The average Bonchev–Trinajstić information content (AvgIpc) is 2.88. The van der Waals surface area contributed by atoms with Gasteiger partial charge >= 0.3 is 0 Å². The quantitative estimate of drug-likeness (QED) is 0.265. The van der Waals surface area contributed by atoms with Crippen LogP contribution < -0.4 is 4.90 Å². The number of halogens is 1. The first kappa shape index (κ1) is 25.2. The number of anilines is 1. The predicted molar refractivity (Wildman–Crippen MR) is 140 cm³/mol. The SMILES string of the molecule is O=C(CS(=O)(=O)[C@H]1C(=O)N(c2ccccc2)[C@@H]1c1ccc(-c2cccc(O)c2)cc1O)c1ccc(F)cc1. The highest BCUT2D eigenvalue weighted by Gasteiger charge is 2.56. The maximum atomic E-state index is 13.4. The van der Waals surface area contributed by atoms with Crippen LogP contribution in [0.25, 0.3) is 11.1 Å². The first-order valence-electron chi connectivity index (χ1n) is 11.7. The Morgan fingerprint density at radius 2 is 1.53 bits per heavy atom. The first-order chi connectivity index (χ1) is 18.2. The van der Waals surface area contributed by atoms with Crippen LogP contribution in [0.1, 0.15) is 22.0 Å². The predicted octanol–water partition coefficient (Wildman–Crippen LogP) is 4.66. The first-order valence-corrected chi connectivity index (χ1v) is 13.4. The molecule has 4 aromatic carbocycles. The lowest BCUT2D eigenvalue weighted by Crippen LogP contribution is -2.63. The van der Waals surface area contributed by atoms with E-state index in [1.807, 2.05) is 0 Å². The van der Waals surface area contributed by atoms with Gasteiger partial charge in [0.05, 0.1) is 6.04 Å². The molecule has 9 heteroatoms. The number of nitrogens with zero attached hydrogens (tertiary/aromatic N) is 1. The van der Waals surface area contributed by atoms with Gasteiger partial charge in [-0.15, -0.1) is 0 Å². The Morgan fingerprint density at radius 1 is 0.842 bits per heavy atom. The fourth-order valence-corrected chi connectivity index (χ4v) is 6.44. The minimum Gasteiger partial charge on any atom is -0.508 e. The van der Waals surface area contributed by atoms with E-state index in [9.17, 15) is 32.6 Å². The maximum absolute atomic E-state index is 13.4.